The van der Waals surface area contributed by atoms with Crippen LogP contribution in [0, 0.1) is 11.8 Å². The lowest BCUT2D eigenvalue weighted by atomic mass is 10.1. The molecule has 0 amide bonds. The van der Waals surface area contributed by atoms with Crippen LogP contribution in [0.5, 0.6) is 5.75 Å². The minimum atomic E-state index is 0.0994. The summed E-state index contributed by atoms with van der Waals surface area (Å²) in [6.45, 7) is 2.95. The topological polar surface area (TPSA) is 41.9 Å². The molecule has 21 heavy (non-hydrogen) atoms. The highest BCUT2D eigenvalue weighted by atomic mass is 16.5. The predicted molar refractivity (Wildman–Crippen MR) is 82.3 cm³/mol. The number of hydrogen-bond acceptors (Lipinski definition) is 4. The Morgan fingerprint density at radius 3 is 2.90 bits per heavy atom. The smallest absolute Gasteiger partial charge is 0.123 e. The van der Waals surface area contributed by atoms with E-state index >= 15 is 0 Å². The SMILES string of the molecule is COc1ccc(C#CCCO)cc1CN1CCC(OC)C1. The van der Waals surface area contributed by atoms with Gasteiger partial charge in [-0.25, -0.2) is 0 Å². The van der Waals surface area contributed by atoms with Crippen molar-refractivity contribution in [1.82, 2.24) is 4.90 Å². The molecule has 0 aromatic heterocycles. The quantitative estimate of drug-likeness (QED) is 0.837. The van der Waals surface area contributed by atoms with Gasteiger partial charge in [-0.2, -0.15) is 0 Å². The molecule has 1 aromatic carbocycles. The monoisotopic (exact) mass is 289 g/mol. The minimum Gasteiger partial charge on any atom is -0.496 e. The molecule has 4 heteroatoms. The van der Waals surface area contributed by atoms with Gasteiger partial charge in [0.25, 0.3) is 0 Å². The molecule has 0 radical (unpaired) electrons. The second kappa shape index (κ2) is 8.04. The van der Waals surface area contributed by atoms with E-state index in [0.29, 0.717) is 12.5 Å². The molecule has 1 N–H and O–H groups in total. The Kier molecular flexibility index (Phi) is 6.06. The zero-order chi connectivity index (χ0) is 15.1. The summed E-state index contributed by atoms with van der Waals surface area (Å²) in [5.74, 6) is 6.92. The first-order chi connectivity index (χ1) is 10.3. The van der Waals surface area contributed by atoms with Crippen molar-refractivity contribution >= 4 is 0 Å². The van der Waals surface area contributed by atoms with Gasteiger partial charge in [-0.1, -0.05) is 11.8 Å². The summed E-state index contributed by atoms with van der Waals surface area (Å²) < 4.78 is 10.8. The van der Waals surface area contributed by atoms with E-state index in [2.05, 4.69) is 22.8 Å². The average Bonchev–Trinajstić information content (AvgIpc) is 2.95. The number of nitrogens with zero attached hydrogens (tertiary/aromatic N) is 1. The molecule has 2 rings (SSSR count). The Hall–Kier alpha value is -1.54. The predicted octanol–water partition coefficient (Wildman–Crippen LogP) is 1.65. The minimum absolute atomic E-state index is 0.0994. The Morgan fingerprint density at radius 1 is 1.38 bits per heavy atom. The van der Waals surface area contributed by atoms with Gasteiger partial charge in [-0.3, -0.25) is 4.90 Å². The van der Waals surface area contributed by atoms with Gasteiger partial charge in [0.2, 0.25) is 0 Å². The van der Waals surface area contributed by atoms with Crippen molar-refractivity contribution in [3.05, 3.63) is 29.3 Å². The Bertz CT molecular complexity index is 519. The van der Waals surface area contributed by atoms with Crippen LogP contribution in [0.2, 0.25) is 0 Å². The summed E-state index contributed by atoms with van der Waals surface area (Å²) in [6.07, 6.45) is 1.92. The van der Waals surface area contributed by atoms with Crippen LogP contribution in [-0.2, 0) is 11.3 Å². The van der Waals surface area contributed by atoms with Gasteiger partial charge in [0.05, 0.1) is 19.8 Å². The fourth-order valence-corrected chi connectivity index (χ4v) is 2.57. The van der Waals surface area contributed by atoms with Crippen LogP contribution in [0.3, 0.4) is 0 Å². The summed E-state index contributed by atoms with van der Waals surface area (Å²) in [6, 6.07) is 5.99. The summed E-state index contributed by atoms with van der Waals surface area (Å²) in [7, 11) is 3.46. The van der Waals surface area contributed by atoms with E-state index in [1.54, 1.807) is 14.2 Å². The van der Waals surface area contributed by atoms with Crippen LogP contribution in [-0.4, -0.2) is 50.0 Å². The maximum Gasteiger partial charge on any atom is 0.123 e. The van der Waals surface area contributed by atoms with Crippen molar-refractivity contribution in [3.63, 3.8) is 0 Å². The van der Waals surface area contributed by atoms with Crippen molar-refractivity contribution in [1.29, 1.82) is 0 Å². The third-order valence-corrected chi connectivity index (χ3v) is 3.71. The van der Waals surface area contributed by atoms with Crippen LogP contribution in [0.25, 0.3) is 0 Å². The number of likely N-dealkylation sites (tertiary alicyclic amines) is 1. The number of benzene rings is 1. The first kappa shape index (κ1) is 15.8. The Morgan fingerprint density at radius 2 is 2.24 bits per heavy atom. The second-order valence-electron chi connectivity index (χ2n) is 5.18. The molecule has 1 fully saturated rings. The number of ether oxygens (including phenoxy) is 2. The van der Waals surface area contributed by atoms with E-state index in [1.807, 2.05) is 12.1 Å². The molecule has 0 bridgehead atoms. The summed E-state index contributed by atoms with van der Waals surface area (Å²) in [4.78, 5) is 2.37. The highest BCUT2D eigenvalue weighted by Crippen LogP contribution is 2.23. The zero-order valence-electron chi connectivity index (χ0n) is 12.8. The number of methoxy groups -OCH3 is 2. The largest absolute Gasteiger partial charge is 0.496 e. The van der Waals surface area contributed by atoms with Gasteiger partial charge in [-0.05, 0) is 24.6 Å². The molecular weight excluding hydrogens is 266 g/mol. The van der Waals surface area contributed by atoms with Crippen LogP contribution in [0.4, 0.5) is 0 Å². The van der Waals surface area contributed by atoms with Crippen LogP contribution in [0.1, 0.15) is 24.0 Å². The van der Waals surface area contributed by atoms with Gasteiger partial charge < -0.3 is 14.6 Å². The molecule has 1 unspecified atom stereocenters. The molecule has 0 aliphatic carbocycles. The summed E-state index contributed by atoms with van der Waals surface area (Å²) in [5, 5.41) is 8.78. The van der Waals surface area contributed by atoms with Crippen molar-refractivity contribution in [2.24, 2.45) is 0 Å². The van der Waals surface area contributed by atoms with Crippen molar-refractivity contribution < 1.29 is 14.6 Å². The lowest BCUT2D eigenvalue weighted by Gasteiger charge is -2.17. The molecule has 1 saturated heterocycles. The molecular formula is C17H23NO3. The summed E-state index contributed by atoms with van der Waals surface area (Å²) >= 11 is 0. The standard InChI is InChI=1S/C17H23NO3/c1-20-16-8-9-18(13-16)12-15-11-14(5-3-4-10-19)6-7-17(15)21-2/h6-7,11,16,19H,4,8-10,12-13H2,1-2H3. The number of aliphatic hydroxyl groups is 1. The van der Waals surface area contributed by atoms with Crippen LogP contribution < -0.4 is 4.74 Å². The van der Waals surface area contributed by atoms with Gasteiger partial charge >= 0.3 is 0 Å². The number of hydrogen-bond donors (Lipinski definition) is 1. The van der Waals surface area contributed by atoms with Gasteiger partial charge in [0.15, 0.2) is 0 Å². The summed E-state index contributed by atoms with van der Waals surface area (Å²) in [5.41, 5.74) is 2.10. The van der Waals surface area contributed by atoms with Gasteiger partial charge in [0.1, 0.15) is 5.75 Å². The van der Waals surface area contributed by atoms with Crippen molar-refractivity contribution in [3.8, 4) is 17.6 Å². The zero-order valence-corrected chi connectivity index (χ0v) is 12.8. The second-order valence-corrected chi connectivity index (χ2v) is 5.18. The molecule has 1 aliphatic rings. The van der Waals surface area contributed by atoms with Crippen LogP contribution >= 0.6 is 0 Å². The Balaban J connectivity index is 2.09. The van der Waals surface area contributed by atoms with Crippen molar-refractivity contribution in [2.75, 3.05) is 33.9 Å². The van der Waals surface area contributed by atoms with E-state index in [9.17, 15) is 0 Å². The lowest BCUT2D eigenvalue weighted by molar-refractivity contribution is 0.107. The Labute approximate surface area is 126 Å². The lowest BCUT2D eigenvalue weighted by Crippen LogP contribution is -2.22. The van der Waals surface area contributed by atoms with E-state index < -0.39 is 0 Å². The van der Waals surface area contributed by atoms with Crippen LogP contribution in [0.15, 0.2) is 18.2 Å². The number of aliphatic hydroxyl groups excluding tert-OH is 1. The van der Waals surface area contributed by atoms with E-state index in [-0.39, 0.29) is 6.61 Å². The maximum atomic E-state index is 8.78. The molecule has 114 valence electrons. The third kappa shape index (κ3) is 4.47. The van der Waals surface area contributed by atoms with E-state index in [4.69, 9.17) is 14.6 Å². The fraction of sp³-hybridized carbons (Fsp3) is 0.529. The molecule has 4 nitrogen and oxygen atoms in total. The fourth-order valence-electron chi connectivity index (χ4n) is 2.57. The molecule has 1 aliphatic heterocycles. The first-order valence-electron chi connectivity index (χ1n) is 7.28. The molecule has 1 atom stereocenters. The maximum absolute atomic E-state index is 8.78. The first-order valence-corrected chi connectivity index (χ1v) is 7.28. The highest BCUT2D eigenvalue weighted by molar-refractivity contribution is 5.44. The van der Waals surface area contributed by atoms with Gasteiger partial charge in [0, 0.05) is 44.3 Å². The van der Waals surface area contributed by atoms with Gasteiger partial charge in [-0.15, -0.1) is 0 Å². The normalized spacial score (nSPS) is 18.3. The average molecular weight is 289 g/mol. The molecule has 0 spiro atoms. The molecule has 1 heterocycles. The van der Waals surface area contributed by atoms with Crippen molar-refractivity contribution in [2.45, 2.75) is 25.5 Å². The number of rotatable bonds is 5. The molecule has 1 aromatic rings. The highest BCUT2D eigenvalue weighted by Gasteiger charge is 2.22. The molecule has 0 saturated carbocycles. The third-order valence-electron chi connectivity index (χ3n) is 3.71. The van der Waals surface area contributed by atoms with E-state index in [1.165, 1.54) is 0 Å². The van der Waals surface area contributed by atoms with E-state index in [0.717, 1.165) is 42.9 Å².